The van der Waals surface area contributed by atoms with Crippen molar-refractivity contribution in [3.63, 3.8) is 0 Å². The lowest BCUT2D eigenvalue weighted by molar-refractivity contribution is 0.508. The normalized spacial score (nSPS) is 12.4. The van der Waals surface area contributed by atoms with Gasteiger partial charge in [0, 0.05) is 29.7 Å². The third-order valence-electron chi connectivity index (χ3n) is 2.54. The molecule has 0 aliphatic carbocycles. The maximum absolute atomic E-state index is 5.88. The Morgan fingerprint density at radius 2 is 2.20 bits per heavy atom. The molecule has 2 aromatic heterocycles. The molecule has 0 saturated heterocycles. The number of rotatable bonds is 3. The molecule has 0 unspecified atom stereocenters. The van der Waals surface area contributed by atoms with Gasteiger partial charge in [-0.2, -0.15) is 0 Å². The van der Waals surface area contributed by atoms with Gasteiger partial charge in [-0.1, -0.05) is 6.07 Å². The van der Waals surface area contributed by atoms with Crippen LogP contribution >= 0.6 is 0 Å². The Morgan fingerprint density at radius 1 is 1.40 bits per heavy atom. The van der Waals surface area contributed by atoms with Gasteiger partial charge >= 0.3 is 0 Å². The molecular formula is C14H20N6. The van der Waals surface area contributed by atoms with Crippen LogP contribution in [0.4, 0.5) is 0 Å². The number of nitrogens with zero attached hydrogens (tertiary/aromatic N) is 4. The standard InChI is InChI=1S/C14H20N6/c1-14(2,3)19-13(15)18-9-11-5-4-6-17-12(11)20-8-7-16-10-20/h4-8,10H,9H2,1-3H3,(H3,15,18,19). The molecule has 0 bridgehead atoms. The molecule has 0 amide bonds. The van der Waals surface area contributed by atoms with E-state index in [-0.39, 0.29) is 5.54 Å². The summed E-state index contributed by atoms with van der Waals surface area (Å²) in [6.07, 6.45) is 7.04. The van der Waals surface area contributed by atoms with E-state index in [0.717, 1.165) is 11.4 Å². The zero-order chi connectivity index (χ0) is 14.6. The van der Waals surface area contributed by atoms with Crippen molar-refractivity contribution >= 4 is 5.96 Å². The first-order chi connectivity index (χ1) is 9.46. The van der Waals surface area contributed by atoms with E-state index in [4.69, 9.17) is 5.73 Å². The lowest BCUT2D eigenvalue weighted by atomic mass is 10.1. The lowest BCUT2D eigenvalue weighted by Gasteiger charge is -2.21. The number of imidazole rings is 1. The average molecular weight is 272 g/mol. The lowest BCUT2D eigenvalue weighted by Crippen LogP contribution is -2.45. The number of aliphatic imine (C=N–C) groups is 1. The minimum Gasteiger partial charge on any atom is -0.370 e. The highest BCUT2D eigenvalue weighted by molar-refractivity contribution is 5.78. The number of nitrogens with one attached hydrogen (secondary N) is 1. The van der Waals surface area contributed by atoms with Crippen LogP contribution in [0.1, 0.15) is 26.3 Å². The van der Waals surface area contributed by atoms with E-state index < -0.39 is 0 Å². The number of guanidine groups is 1. The predicted octanol–water partition coefficient (Wildman–Crippen LogP) is 1.47. The number of aromatic nitrogens is 3. The summed E-state index contributed by atoms with van der Waals surface area (Å²) >= 11 is 0. The SMILES string of the molecule is CC(C)(C)NC(N)=NCc1cccnc1-n1ccnc1. The maximum Gasteiger partial charge on any atom is 0.189 e. The molecule has 0 saturated carbocycles. The van der Waals surface area contributed by atoms with Crippen molar-refractivity contribution in [3.05, 3.63) is 42.6 Å². The van der Waals surface area contributed by atoms with Crippen LogP contribution in [-0.2, 0) is 6.54 Å². The van der Waals surface area contributed by atoms with Crippen LogP contribution in [0.15, 0.2) is 42.0 Å². The van der Waals surface area contributed by atoms with Gasteiger partial charge in [0.25, 0.3) is 0 Å². The second-order valence-electron chi connectivity index (χ2n) is 5.53. The molecule has 0 spiro atoms. The zero-order valence-electron chi connectivity index (χ0n) is 12.0. The number of hydrogen-bond acceptors (Lipinski definition) is 3. The summed E-state index contributed by atoms with van der Waals surface area (Å²) in [7, 11) is 0. The minimum atomic E-state index is -0.101. The van der Waals surface area contributed by atoms with Gasteiger partial charge in [-0.05, 0) is 26.8 Å². The Balaban J connectivity index is 2.17. The second-order valence-corrected chi connectivity index (χ2v) is 5.53. The van der Waals surface area contributed by atoms with Crippen LogP contribution in [-0.4, -0.2) is 26.0 Å². The summed E-state index contributed by atoms with van der Waals surface area (Å²) in [5.41, 5.74) is 6.76. The molecule has 0 aromatic carbocycles. The van der Waals surface area contributed by atoms with E-state index in [9.17, 15) is 0 Å². The Bertz CT molecular complexity index is 580. The smallest absolute Gasteiger partial charge is 0.189 e. The van der Waals surface area contributed by atoms with Gasteiger partial charge in [-0.25, -0.2) is 15.0 Å². The summed E-state index contributed by atoms with van der Waals surface area (Å²) < 4.78 is 1.86. The van der Waals surface area contributed by atoms with E-state index in [1.807, 2.05) is 43.7 Å². The molecular weight excluding hydrogens is 252 g/mol. The monoisotopic (exact) mass is 272 g/mol. The van der Waals surface area contributed by atoms with Crippen molar-refractivity contribution in [1.29, 1.82) is 0 Å². The number of pyridine rings is 1. The van der Waals surface area contributed by atoms with E-state index in [1.54, 1.807) is 18.7 Å². The molecule has 6 heteroatoms. The van der Waals surface area contributed by atoms with Crippen molar-refractivity contribution in [1.82, 2.24) is 19.9 Å². The zero-order valence-corrected chi connectivity index (χ0v) is 12.0. The summed E-state index contributed by atoms with van der Waals surface area (Å²) in [4.78, 5) is 12.8. The summed E-state index contributed by atoms with van der Waals surface area (Å²) in [5.74, 6) is 1.25. The van der Waals surface area contributed by atoms with Gasteiger partial charge in [0.05, 0.1) is 6.54 Å². The van der Waals surface area contributed by atoms with E-state index >= 15 is 0 Å². The van der Waals surface area contributed by atoms with Crippen molar-refractivity contribution in [2.75, 3.05) is 0 Å². The molecule has 0 radical (unpaired) electrons. The summed E-state index contributed by atoms with van der Waals surface area (Å²) in [5, 5.41) is 3.13. The van der Waals surface area contributed by atoms with Crippen LogP contribution in [0, 0.1) is 0 Å². The van der Waals surface area contributed by atoms with Crippen LogP contribution in [0.25, 0.3) is 5.82 Å². The molecule has 20 heavy (non-hydrogen) atoms. The number of nitrogens with two attached hydrogens (primary N) is 1. The van der Waals surface area contributed by atoms with Gasteiger partial charge in [-0.15, -0.1) is 0 Å². The molecule has 0 fully saturated rings. The van der Waals surface area contributed by atoms with Crippen molar-refractivity contribution in [2.45, 2.75) is 32.9 Å². The molecule has 2 aromatic rings. The minimum absolute atomic E-state index is 0.101. The van der Waals surface area contributed by atoms with E-state index in [1.165, 1.54) is 0 Å². The van der Waals surface area contributed by atoms with Gasteiger partial charge in [-0.3, -0.25) is 4.57 Å². The number of hydrogen-bond donors (Lipinski definition) is 2. The molecule has 2 heterocycles. The molecule has 0 aliphatic rings. The van der Waals surface area contributed by atoms with Crippen LogP contribution in [0.5, 0.6) is 0 Å². The Hall–Kier alpha value is -2.37. The van der Waals surface area contributed by atoms with Crippen molar-refractivity contribution in [2.24, 2.45) is 10.7 Å². The maximum atomic E-state index is 5.88. The predicted molar refractivity (Wildman–Crippen MR) is 79.6 cm³/mol. The fourth-order valence-electron chi connectivity index (χ4n) is 1.76. The molecule has 6 nitrogen and oxygen atoms in total. The quantitative estimate of drug-likeness (QED) is 0.655. The highest BCUT2D eigenvalue weighted by Gasteiger charge is 2.10. The van der Waals surface area contributed by atoms with Gasteiger partial charge < -0.3 is 11.1 Å². The Labute approximate surface area is 118 Å². The highest BCUT2D eigenvalue weighted by atomic mass is 15.1. The molecule has 3 N–H and O–H groups in total. The molecule has 106 valence electrons. The second kappa shape index (κ2) is 5.73. The van der Waals surface area contributed by atoms with E-state index in [0.29, 0.717) is 12.5 Å². The van der Waals surface area contributed by atoms with E-state index in [2.05, 4.69) is 20.3 Å². The Kier molecular flexibility index (Phi) is 4.02. The first-order valence-corrected chi connectivity index (χ1v) is 6.46. The van der Waals surface area contributed by atoms with Crippen molar-refractivity contribution < 1.29 is 0 Å². The van der Waals surface area contributed by atoms with Gasteiger partial charge in [0.15, 0.2) is 5.96 Å². The Morgan fingerprint density at radius 3 is 2.85 bits per heavy atom. The van der Waals surface area contributed by atoms with Gasteiger partial charge in [0.2, 0.25) is 0 Å². The summed E-state index contributed by atoms with van der Waals surface area (Å²) in [6, 6.07) is 3.87. The topological polar surface area (TPSA) is 81.1 Å². The fraction of sp³-hybridized carbons (Fsp3) is 0.357. The molecule has 0 aliphatic heterocycles. The van der Waals surface area contributed by atoms with Gasteiger partial charge in [0.1, 0.15) is 12.1 Å². The molecule has 0 atom stereocenters. The van der Waals surface area contributed by atoms with Crippen LogP contribution < -0.4 is 11.1 Å². The third kappa shape index (κ3) is 3.81. The van der Waals surface area contributed by atoms with Crippen LogP contribution in [0.3, 0.4) is 0 Å². The highest BCUT2D eigenvalue weighted by Crippen LogP contribution is 2.12. The average Bonchev–Trinajstić information content (AvgIpc) is 2.88. The molecule has 2 rings (SSSR count). The fourth-order valence-corrected chi connectivity index (χ4v) is 1.76. The first-order valence-electron chi connectivity index (χ1n) is 6.46. The largest absolute Gasteiger partial charge is 0.370 e. The first kappa shape index (κ1) is 14.0. The summed E-state index contributed by atoms with van der Waals surface area (Å²) in [6.45, 7) is 6.58. The van der Waals surface area contributed by atoms with Crippen molar-refractivity contribution in [3.8, 4) is 5.82 Å². The third-order valence-corrected chi connectivity index (χ3v) is 2.54. The van der Waals surface area contributed by atoms with Crippen LogP contribution in [0.2, 0.25) is 0 Å².